The summed E-state index contributed by atoms with van der Waals surface area (Å²) in [7, 11) is 0. The molecule has 148 valence electrons. The van der Waals surface area contributed by atoms with Crippen LogP contribution >= 0.6 is 11.8 Å². The summed E-state index contributed by atoms with van der Waals surface area (Å²) in [6.07, 6.45) is 2.12. The lowest BCUT2D eigenvalue weighted by Crippen LogP contribution is -2.46. The zero-order chi connectivity index (χ0) is 20.1. The molecule has 1 aliphatic rings. The molecule has 0 saturated carbocycles. The Morgan fingerprint density at radius 1 is 0.966 bits per heavy atom. The molecular weight excluding hydrogens is 374 g/mol. The number of benzene rings is 3. The van der Waals surface area contributed by atoms with E-state index in [1.807, 2.05) is 11.8 Å². The summed E-state index contributed by atoms with van der Waals surface area (Å²) in [5, 5.41) is 0. The van der Waals surface area contributed by atoms with Crippen LogP contribution in [0.1, 0.15) is 23.6 Å². The van der Waals surface area contributed by atoms with Gasteiger partial charge in [-0.05, 0) is 46.4 Å². The van der Waals surface area contributed by atoms with Gasteiger partial charge in [0.25, 0.3) is 0 Å². The molecule has 0 aliphatic carbocycles. The van der Waals surface area contributed by atoms with Gasteiger partial charge in [0, 0.05) is 36.2 Å². The van der Waals surface area contributed by atoms with Gasteiger partial charge in [-0.15, -0.1) is 11.8 Å². The van der Waals surface area contributed by atoms with E-state index in [-0.39, 0.29) is 5.92 Å². The van der Waals surface area contributed by atoms with Crippen molar-refractivity contribution in [3.63, 3.8) is 0 Å². The monoisotopic (exact) mass is 401 g/mol. The summed E-state index contributed by atoms with van der Waals surface area (Å²) < 4.78 is 0. The average molecular weight is 402 g/mol. The summed E-state index contributed by atoms with van der Waals surface area (Å²) in [5.41, 5.74) is 6.73. The lowest BCUT2D eigenvalue weighted by Gasteiger charge is -2.36. The molecule has 2 nitrogen and oxygen atoms in total. The molecule has 1 saturated heterocycles. The van der Waals surface area contributed by atoms with Crippen molar-refractivity contribution in [3.8, 4) is 11.1 Å². The molecule has 29 heavy (non-hydrogen) atoms. The van der Waals surface area contributed by atoms with Crippen LogP contribution in [0.15, 0.2) is 77.7 Å². The second kappa shape index (κ2) is 9.43. The zero-order valence-electron chi connectivity index (χ0n) is 16.9. The summed E-state index contributed by atoms with van der Waals surface area (Å²) in [4.78, 5) is 14.3. The molecule has 3 heteroatoms. The second-order valence-corrected chi connectivity index (χ2v) is 8.78. The van der Waals surface area contributed by atoms with Gasteiger partial charge in [-0.2, -0.15) is 0 Å². The highest BCUT2D eigenvalue weighted by molar-refractivity contribution is 7.98. The first-order valence-corrected chi connectivity index (χ1v) is 11.3. The maximum atomic E-state index is 10.7. The van der Waals surface area contributed by atoms with Crippen molar-refractivity contribution >= 4 is 18.0 Å². The van der Waals surface area contributed by atoms with E-state index in [9.17, 15) is 4.79 Å². The van der Waals surface area contributed by atoms with Crippen molar-refractivity contribution in [2.45, 2.75) is 30.5 Å². The number of likely N-dealkylation sites (tertiary alicyclic amines) is 1. The molecular formula is C26H27NOS. The molecule has 1 fully saturated rings. The lowest BCUT2D eigenvalue weighted by atomic mass is 9.96. The number of hydrogen-bond donors (Lipinski definition) is 0. The maximum Gasteiger partial charge on any atom is 0.125 e. The Hall–Kier alpha value is -2.36. The van der Waals surface area contributed by atoms with Crippen LogP contribution in [-0.4, -0.2) is 24.3 Å². The fourth-order valence-corrected chi connectivity index (χ4v) is 4.71. The minimum atomic E-state index is 0.242. The zero-order valence-corrected chi connectivity index (χ0v) is 17.7. The first-order chi connectivity index (χ1) is 14.2. The van der Waals surface area contributed by atoms with E-state index in [1.165, 1.54) is 32.7 Å². The minimum absolute atomic E-state index is 0.242. The Morgan fingerprint density at radius 3 is 2.38 bits per heavy atom. The number of carbonyl (C=O) groups excluding carboxylic acids is 1. The second-order valence-electron chi connectivity index (χ2n) is 7.73. The number of thioether (sulfide) groups is 1. The van der Waals surface area contributed by atoms with Crippen LogP contribution < -0.4 is 0 Å². The van der Waals surface area contributed by atoms with Gasteiger partial charge in [0.2, 0.25) is 0 Å². The molecule has 3 aromatic carbocycles. The molecule has 0 spiro atoms. The number of aryl methyl sites for hydroxylation is 1. The molecule has 0 bridgehead atoms. The van der Waals surface area contributed by atoms with Gasteiger partial charge in [-0.3, -0.25) is 4.90 Å². The molecule has 0 N–H and O–H groups in total. The molecule has 0 unspecified atom stereocenters. The minimum Gasteiger partial charge on any atom is -0.303 e. The Balaban J connectivity index is 1.36. The Morgan fingerprint density at radius 2 is 1.69 bits per heavy atom. The van der Waals surface area contributed by atoms with Gasteiger partial charge < -0.3 is 4.79 Å². The van der Waals surface area contributed by atoms with Crippen molar-refractivity contribution in [2.24, 2.45) is 5.92 Å². The molecule has 0 aromatic heterocycles. The van der Waals surface area contributed by atoms with Gasteiger partial charge in [-0.1, -0.05) is 67.6 Å². The van der Waals surface area contributed by atoms with E-state index >= 15 is 0 Å². The molecule has 1 heterocycles. The van der Waals surface area contributed by atoms with Crippen molar-refractivity contribution in [1.82, 2.24) is 4.90 Å². The van der Waals surface area contributed by atoms with Gasteiger partial charge in [-0.25, -0.2) is 0 Å². The predicted octanol–water partition coefficient (Wildman–Crippen LogP) is 5.84. The standard InChI is InChI=1S/C26H27NOS/c1-2-23-14-21(10-13-26(23)24-6-4-3-5-7-24)19-29-25-11-8-20(9-12-25)15-27-16-22(17-27)18-28/h3-14,18,22H,2,15-17,19H2,1H3. The van der Waals surface area contributed by atoms with E-state index in [4.69, 9.17) is 0 Å². The topological polar surface area (TPSA) is 20.3 Å². The number of hydrogen-bond acceptors (Lipinski definition) is 3. The van der Waals surface area contributed by atoms with E-state index in [2.05, 4.69) is 84.6 Å². The Bertz CT molecular complexity index is 946. The first kappa shape index (κ1) is 19.9. The Labute approximate surface area is 178 Å². The molecule has 0 amide bonds. The number of nitrogens with zero attached hydrogens (tertiary/aromatic N) is 1. The van der Waals surface area contributed by atoms with Crippen LogP contribution in [0.25, 0.3) is 11.1 Å². The van der Waals surface area contributed by atoms with Crippen molar-refractivity contribution in [2.75, 3.05) is 13.1 Å². The van der Waals surface area contributed by atoms with Crippen LogP contribution in [-0.2, 0) is 23.5 Å². The van der Waals surface area contributed by atoms with Gasteiger partial charge in [0.05, 0.1) is 0 Å². The number of rotatable bonds is 8. The number of carbonyl (C=O) groups is 1. The number of aldehydes is 1. The van der Waals surface area contributed by atoms with E-state index < -0.39 is 0 Å². The molecule has 4 rings (SSSR count). The summed E-state index contributed by atoms with van der Waals surface area (Å²) >= 11 is 1.89. The summed E-state index contributed by atoms with van der Waals surface area (Å²) in [6, 6.07) is 26.4. The highest BCUT2D eigenvalue weighted by Gasteiger charge is 2.25. The van der Waals surface area contributed by atoms with E-state index in [0.29, 0.717) is 0 Å². The molecule has 3 aromatic rings. The largest absolute Gasteiger partial charge is 0.303 e. The fourth-order valence-electron chi connectivity index (χ4n) is 3.87. The van der Waals surface area contributed by atoms with Crippen molar-refractivity contribution in [1.29, 1.82) is 0 Å². The normalized spacial score (nSPS) is 14.5. The third-order valence-corrected chi connectivity index (χ3v) is 6.63. The van der Waals surface area contributed by atoms with E-state index in [0.717, 1.165) is 38.1 Å². The van der Waals surface area contributed by atoms with Crippen LogP contribution in [0, 0.1) is 5.92 Å². The van der Waals surface area contributed by atoms with Gasteiger partial charge in [0.15, 0.2) is 0 Å². The molecule has 1 aliphatic heterocycles. The maximum absolute atomic E-state index is 10.7. The van der Waals surface area contributed by atoms with Crippen LogP contribution in [0.3, 0.4) is 0 Å². The van der Waals surface area contributed by atoms with Crippen molar-refractivity contribution < 1.29 is 4.79 Å². The highest BCUT2D eigenvalue weighted by atomic mass is 32.2. The van der Waals surface area contributed by atoms with Crippen LogP contribution in [0.4, 0.5) is 0 Å². The average Bonchev–Trinajstić information content (AvgIpc) is 2.75. The highest BCUT2D eigenvalue weighted by Crippen LogP contribution is 2.29. The van der Waals surface area contributed by atoms with Gasteiger partial charge >= 0.3 is 0 Å². The van der Waals surface area contributed by atoms with Gasteiger partial charge in [0.1, 0.15) is 6.29 Å². The summed E-state index contributed by atoms with van der Waals surface area (Å²) in [6.45, 7) is 4.97. The van der Waals surface area contributed by atoms with Crippen molar-refractivity contribution in [3.05, 3.63) is 89.5 Å². The Kier molecular flexibility index (Phi) is 6.48. The first-order valence-electron chi connectivity index (χ1n) is 10.3. The smallest absolute Gasteiger partial charge is 0.125 e. The predicted molar refractivity (Wildman–Crippen MR) is 122 cm³/mol. The summed E-state index contributed by atoms with van der Waals surface area (Å²) in [5.74, 6) is 1.22. The molecule has 0 radical (unpaired) electrons. The fraction of sp³-hybridized carbons (Fsp3) is 0.269. The quantitative estimate of drug-likeness (QED) is 0.349. The van der Waals surface area contributed by atoms with Crippen LogP contribution in [0.5, 0.6) is 0 Å². The SMILES string of the molecule is CCc1cc(CSc2ccc(CN3CC(C=O)C3)cc2)ccc1-c1ccccc1. The molecule has 0 atom stereocenters. The van der Waals surface area contributed by atoms with Crippen LogP contribution in [0.2, 0.25) is 0 Å². The third-order valence-electron chi connectivity index (χ3n) is 5.55. The lowest BCUT2D eigenvalue weighted by molar-refractivity contribution is -0.115. The third kappa shape index (κ3) is 4.98. The van der Waals surface area contributed by atoms with E-state index in [1.54, 1.807) is 0 Å².